The molecule has 2 aromatic rings. The molecule has 1 unspecified atom stereocenters. The maximum Gasteiger partial charge on any atom is 0.251 e. The first-order valence-corrected chi connectivity index (χ1v) is 8.07. The van der Waals surface area contributed by atoms with Crippen LogP contribution in [0.5, 0.6) is 0 Å². The number of hydrogen-bond donors (Lipinski definition) is 1. The minimum Gasteiger partial charge on any atom is -0.472 e. The minimum atomic E-state index is -0.747. The van der Waals surface area contributed by atoms with Gasteiger partial charge in [0.15, 0.2) is 10.8 Å². The molecule has 2 aromatic carbocycles. The van der Waals surface area contributed by atoms with Crippen molar-refractivity contribution in [3.05, 3.63) is 71.8 Å². The topological polar surface area (TPSA) is 55.4 Å². The number of nitrogens with one attached hydrogen (secondary N) is 1. The molecule has 0 aromatic heterocycles. The van der Waals surface area contributed by atoms with E-state index in [0.29, 0.717) is 11.1 Å². The third kappa shape index (κ3) is 5.55. The third-order valence-corrected chi connectivity index (χ3v) is 3.81. The molecule has 0 heterocycles. The Labute approximate surface area is 152 Å². The number of rotatable bonds is 7. The second-order valence-corrected chi connectivity index (χ2v) is 5.60. The lowest BCUT2D eigenvalue weighted by molar-refractivity contribution is 0.0923. The summed E-state index contributed by atoms with van der Waals surface area (Å²) in [5.74, 6) is 1.83. The van der Waals surface area contributed by atoms with Gasteiger partial charge in [-0.3, -0.25) is 9.59 Å². The number of hydrogen-bond acceptors (Lipinski definition) is 4. The second-order valence-electron chi connectivity index (χ2n) is 5.20. The van der Waals surface area contributed by atoms with Crippen LogP contribution in [0.4, 0.5) is 0 Å². The number of ketones is 1. The fourth-order valence-corrected chi connectivity index (χ4v) is 2.37. The van der Waals surface area contributed by atoms with Gasteiger partial charge in [-0.2, -0.15) is 0 Å². The van der Waals surface area contributed by atoms with Gasteiger partial charge >= 0.3 is 0 Å². The van der Waals surface area contributed by atoms with E-state index in [9.17, 15) is 9.59 Å². The number of terminal acetylenes is 1. The minimum absolute atomic E-state index is 0.00794. The molecule has 1 amide bonds. The highest BCUT2D eigenvalue weighted by atomic mass is 32.1. The number of ether oxygens (including phenoxy) is 1. The molecule has 0 bridgehead atoms. The van der Waals surface area contributed by atoms with Crippen LogP contribution >= 0.6 is 12.2 Å². The second kappa shape index (κ2) is 9.36. The summed E-state index contributed by atoms with van der Waals surface area (Å²) in [7, 11) is 0. The molecule has 0 aliphatic carbocycles. The summed E-state index contributed by atoms with van der Waals surface area (Å²) in [5, 5.41) is 2.84. The van der Waals surface area contributed by atoms with Crippen LogP contribution in [0.25, 0.3) is 0 Å². The van der Waals surface area contributed by atoms with Crippen molar-refractivity contribution in [2.45, 2.75) is 12.5 Å². The summed E-state index contributed by atoms with van der Waals surface area (Å²) in [5.41, 5.74) is 1.01. The molecule has 1 atom stereocenters. The monoisotopic (exact) mass is 351 g/mol. The molecule has 0 fully saturated rings. The number of thiocarbonyl (C=S) groups is 1. The molecule has 25 heavy (non-hydrogen) atoms. The van der Waals surface area contributed by atoms with Crippen molar-refractivity contribution in [3.63, 3.8) is 0 Å². The molecule has 0 spiro atoms. The normalized spacial score (nSPS) is 11.0. The van der Waals surface area contributed by atoms with Crippen molar-refractivity contribution in [2.24, 2.45) is 0 Å². The first kappa shape index (κ1) is 18.4. The molecule has 126 valence electrons. The van der Waals surface area contributed by atoms with Gasteiger partial charge in [0.2, 0.25) is 0 Å². The molecule has 4 nitrogen and oxygen atoms in total. The van der Waals surface area contributed by atoms with Gasteiger partial charge in [0.05, 0.1) is 0 Å². The average molecular weight is 351 g/mol. The van der Waals surface area contributed by atoms with Gasteiger partial charge in [0.1, 0.15) is 12.6 Å². The summed E-state index contributed by atoms with van der Waals surface area (Å²) in [4.78, 5) is 24.8. The van der Waals surface area contributed by atoms with Crippen LogP contribution in [-0.2, 0) is 4.74 Å². The number of Topliss-reactive ketones (excluding diaryl/α,β-unsaturated/α-hetero) is 1. The van der Waals surface area contributed by atoms with Crippen LogP contribution < -0.4 is 5.32 Å². The van der Waals surface area contributed by atoms with Crippen LogP contribution in [-0.4, -0.2) is 29.4 Å². The van der Waals surface area contributed by atoms with Gasteiger partial charge < -0.3 is 10.1 Å². The van der Waals surface area contributed by atoms with E-state index >= 15 is 0 Å². The Morgan fingerprint density at radius 2 is 1.60 bits per heavy atom. The smallest absolute Gasteiger partial charge is 0.251 e. The van der Waals surface area contributed by atoms with Crippen LogP contribution in [0, 0.1) is 12.3 Å². The van der Waals surface area contributed by atoms with Crippen molar-refractivity contribution < 1.29 is 14.3 Å². The Morgan fingerprint density at radius 1 is 1.04 bits per heavy atom. The van der Waals surface area contributed by atoms with Gasteiger partial charge in [-0.05, 0) is 24.4 Å². The SMILES string of the molecule is C#CCOC(=S)C(CC(=O)c1ccccc1)NC(=O)c1ccccc1. The number of amides is 1. The van der Waals surface area contributed by atoms with E-state index in [0.717, 1.165) is 0 Å². The van der Waals surface area contributed by atoms with Crippen molar-refractivity contribution in [3.8, 4) is 12.3 Å². The van der Waals surface area contributed by atoms with Crippen molar-refractivity contribution in [1.82, 2.24) is 5.32 Å². The number of benzene rings is 2. The lowest BCUT2D eigenvalue weighted by atomic mass is 10.0. The zero-order valence-electron chi connectivity index (χ0n) is 13.5. The summed E-state index contributed by atoms with van der Waals surface area (Å²) in [6.45, 7) is -0.0178. The molecular formula is C20H17NO3S. The fourth-order valence-electron chi connectivity index (χ4n) is 2.17. The Kier molecular flexibility index (Phi) is 6.87. The summed E-state index contributed by atoms with van der Waals surface area (Å²) in [6.07, 6.45) is 5.16. The van der Waals surface area contributed by atoms with E-state index in [4.69, 9.17) is 23.4 Å². The quantitative estimate of drug-likeness (QED) is 0.473. The molecule has 1 N–H and O–H groups in total. The van der Waals surface area contributed by atoms with Crippen LogP contribution in [0.15, 0.2) is 60.7 Å². The van der Waals surface area contributed by atoms with Crippen molar-refractivity contribution >= 4 is 29.0 Å². The highest BCUT2D eigenvalue weighted by molar-refractivity contribution is 7.80. The van der Waals surface area contributed by atoms with Crippen LogP contribution in [0.2, 0.25) is 0 Å². The van der Waals surface area contributed by atoms with E-state index in [1.807, 2.05) is 12.1 Å². The molecule has 0 saturated heterocycles. The van der Waals surface area contributed by atoms with Gasteiger partial charge in [0.25, 0.3) is 5.91 Å². The lowest BCUT2D eigenvalue weighted by Gasteiger charge is -2.19. The Hall–Kier alpha value is -2.97. The molecule has 0 saturated carbocycles. The Morgan fingerprint density at radius 3 is 2.16 bits per heavy atom. The van der Waals surface area contributed by atoms with Crippen LogP contribution in [0.3, 0.4) is 0 Å². The van der Waals surface area contributed by atoms with E-state index in [2.05, 4.69) is 11.2 Å². The zero-order valence-corrected chi connectivity index (χ0v) is 14.3. The highest BCUT2D eigenvalue weighted by Gasteiger charge is 2.23. The zero-order chi connectivity index (χ0) is 18.1. The predicted octanol–water partition coefficient (Wildman–Crippen LogP) is 3.04. The van der Waals surface area contributed by atoms with Crippen LogP contribution in [0.1, 0.15) is 27.1 Å². The molecule has 5 heteroatoms. The predicted molar refractivity (Wildman–Crippen MR) is 100 cm³/mol. The summed E-state index contributed by atoms with van der Waals surface area (Å²) >= 11 is 5.19. The first-order valence-electron chi connectivity index (χ1n) is 7.66. The van der Waals surface area contributed by atoms with Gasteiger partial charge in [-0.15, -0.1) is 6.42 Å². The maximum absolute atomic E-state index is 12.4. The van der Waals surface area contributed by atoms with E-state index < -0.39 is 6.04 Å². The summed E-state index contributed by atoms with van der Waals surface area (Å²) in [6, 6.07) is 16.7. The first-order chi connectivity index (χ1) is 12.1. The third-order valence-electron chi connectivity index (χ3n) is 3.41. The van der Waals surface area contributed by atoms with Gasteiger partial charge in [0, 0.05) is 17.5 Å². The average Bonchev–Trinajstić information content (AvgIpc) is 2.66. The molecule has 0 aliphatic heterocycles. The lowest BCUT2D eigenvalue weighted by Crippen LogP contribution is -2.42. The van der Waals surface area contributed by atoms with E-state index in [1.165, 1.54) is 0 Å². The highest BCUT2D eigenvalue weighted by Crippen LogP contribution is 2.09. The van der Waals surface area contributed by atoms with Crippen molar-refractivity contribution in [1.29, 1.82) is 0 Å². The molecule has 0 aliphatic rings. The van der Waals surface area contributed by atoms with Crippen molar-refractivity contribution in [2.75, 3.05) is 6.61 Å². The molecular weight excluding hydrogens is 334 g/mol. The maximum atomic E-state index is 12.4. The van der Waals surface area contributed by atoms with Gasteiger partial charge in [-0.25, -0.2) is 0 Å². The summed E-state index contributed by atoms with van der Waals surface area (Å²) < 4.78 is 5.26. The van der Waals surface area contributed by atoms with Gasteiger partial charge in [-0.1, -0.05) is 54.5 Å². The van der Waals surface area contributed by atoms with E-state index in [-0.39, 0.29) is 29.8 Å². The molecule has 2 rings (SSSR count). The molecule has 0 radical (unpaired) electrons. The van der Waals surface area contributed by atoms with E-state index in [1.54, 1.807) is 48.5 Å². The Balaban J connectivity index is 2.12. The largest absolute Gasteiger partial charge is 0.472 e. The number of carbonyl (C=O) groups is 2. The number of carbonyl (C=O) groups excluding carboxylic acids is 2. The standard InChI is InChI=1S/C20H17NO3S/c1-2-13-24-20(25)17(14-18(22)15-9-5-3-6-10-15)21-19(23)16-11-7-4-8-12-16/h1,3-12,17H,13-14H2,(H,21,23). The Bertz CT molecular complexity index is 728. The fraction of sp³-hybridized carbons (Fsp3) is 0.150.